The Morgan fingerprint density at radius 2 is 2.00 bits per heavy atom. The van der Waals surface area contributed by atoms with Crippen LogP contribution in [-0.4, -0.2) is 6.54 Å². The Kier molecular flexibility index (Phi) is 5.34. The summed E-state index contributed by atoms with van der Waals surface area (Å²) in [5.74, 6) is 0.699. The van der Waals surface area contributed by atoms with E-state index in [2.05, 4.69) is 43.9 Å². The van der Waals surface area contributed by atoms with E-state index in [-0.39, 0.29) is 12.4 Å². The van der Waals surface area contributed by atoms with Gasteiger partial charge in [-0.25, -0.2) is 0 Å². The SMILES string of the molecule is CCC1C=CC=CC1(CC)C[NH3+].[Cl-]. The van der Waals surface area contributed by atoms with Gasteiger partial charge in [0.2, 0.25) is 0 Å². The molecule has 3 N–H and O–H groups in total. The van der Waals surface area contributed by atoms with Crippen molar-refractivity contribution < 1.29 is 18.1 Å². The average Bonchev–Trinajstić information content (AvgIpc) is 2.17. The molecular weight excluding hydrogens is 182 g/mol. The summed E-state index contributed by atoms with van der Waals surface area (Å²) in [4.78, 5) is 0. The number of allylic oxidation sites excluding steroid dienone is 3. The third-order valence-corrected chi connectivity index (χ3v) is 3.18. The lowest BCUT2D eigenvalue weighted by atomic mass is 9.70. The zero-order valence-electron chi connectivity index (χ0n) is 8.59. The van der Waals surface area contributed by atoms with Crippen molar-refractivity contribution >= 4 is 0 Å². The molecule has 0 aliphatic heterocycles. The van der Waals surface area contributed by atoms with Gasteiger partial charge in [-0.1, -0.05) is 38.2 Å². The van der Waals surface area contributed by atoms with E-state index in [9.17, 15) is 0 Å². The maximum absolute atomic E-state index is 4.07. The molecule has 76 valence electrons. The van der Waals surface area contributed by atoms with E-state index in [4.69, 9.17) is 0 Å². The molecule has 0 radical (unpaired) electrons. The molecule has 0 bridgehead atoms. The Labute approximate surface area is 87.5 Å². The van der Waals surface area contributed by atoms with Crippen molar-refractivity contribution in [2.75, 3.05) is 6.54 Å². The van der Waals surface area contributed by atoms with Gasteiger partial charge >= 0.3 is 0 Å². The number of hydrogen-bond acceptors (Lipinski definition) is 0. The number of halogens is 1. The first-order valence-electron chi connectivity index (χ1n) is 4.94. The summed E-state index contributed by atoms with van der Waals surface area (Å²) in [5.41, 5.74) is 4.42. The van der Waals surface area contributed by atoms with Gasteiger partial charge in [-0.05, 0) is 18.8 Å². The predicted octanol–water partition coefficient (Wildman–Crippen LogP) is -1.22. The van der Waals surface area contributed by atoms with Crippen molar-refractivity contribution in [3.05, 3.63) is 24.3 Å². The standard InChI is InChI=1S/C11H19N.ClH/c1-3-10-7-5-6-8-11(10,4-2)9-12;/h5-8,10H,3-4,9,12H2,1-2H3;1H. The first-order chi connectivity index (χ1) is 5.79. The van der Waals surface area contributed by atoms with Crippen LogP contribution in [0.25, 0.3) is 0 Å². The summed E-state index contributed by atoms with van der Waals surface area (Å²) in [6.07, 6.45) is 11.4. The van der Waals surface area contributed by atoms with Crippen LogP contribution in [0.3, 0.4) is 0 Å². The molecule has 0 fully saturated rings. The van der Waals surface area contributed by atoms with Crippen LogP contribution in [0.15, 0.2) is 24.3 Å². The molecular formula is C11H20ClN. The maximum Gasteiger partial charge on any atom is 0.0837 e. The van der Waals surface area contributed by atoms with Gasteiger partial charge in [-0.2, -0.15) is 0 Å². The van der Waals surface area contributed by atoms with Crippen molar-refractivity contribution in [3.63, 3.8) is 0 Å². The Balaban J connectivity index is 0.00000144. The molecule has 0 aromatic carbocycles. The van der Waals surface area contributed by atoms with Crippen LogP contribution in [0.2, 0.25) is 0 Å². The van der Waals surface area contributed by atoms with Gasteiger partial charge in [-0.3, -0.25) is 0 Å². The quantitative estimate of drug-likeness (QED) is 0.593. The Hall–Kier alpha value is -0.270. The molecule has 1 aliphatic rings. The first kappa shape index (κ1) is 12.7. The lowest BCUT2D eigenvalue weighted by Gasteiger charge is -2.34. The van der Waals surface area contributed by atoms with E-state index in [1.807, 2.05) is 0 Å². The normalized spacial score (nSPS) is 31.5. The summed E-state index contributed by atoms with van der Waals surface area (Å²) in [7, 11) is 0. The smallest absolute Gasteiger partial charge is 0.0837 e. The van der Waals surface area contributed by atoms with Crippen molar-refractivity contribution in [1.82, 2.24) is 0 Å². The monoisotopic (exact) mass is 201 g/mol. The predicted molar refractivity (Wildman–Crippen MR) is 52.5 cm³/mol. The lowest BCUT2D eigenvalue weighted by molar-refractivity contribution is -0.391. The van der Waals surface area contributed by atoms with Crippen LogP contribution >= 0.6 is 0 Å². The molecule has 0 saturated heterocycles. The Bertz CT molecular complexity index is 192. The highest BCUT2D eigenvalue weighted by molar-refractivity contribution is 5.19. The van der Waals surface area contributed by atoms with Gasteiger partial charge in [0.1, 0.15) is 0 Å². The average molecular weight is 202 g/mol. The van der Waals surface area contributed by atoms with E-state index in [1.54, 1.807) is 0 Å². The summed E-state index contributed by atoms with van der Waals surface area (Å²) in [6.45, 7) is 5.54. The molecule has 0 amide bonds. The first-order valence-corrected chi connectivity index (χ1v) is 4.94. The minimum absolute atomic E-state index is 0. The third kappa shape index (κ3) is 2.35. The molecule has 13 heavy (non-hydrogen) atoms. The van der Waals surface area contributed by atoms with Crippen molar-refractivity contribution in [2.24, 2.45) is 11.3 Å². The summed E-state index contributed by atoms with van der Waals surface area (Å²) >= 11 is 0. The third-order valence-electron chi connectivity index (χ3n) is 3.18. The highest BCUT2D eigenvalue weighted by Gasteiger charge is 2.33. The Morgan fingerprint density at radius 1 is 1.31 bits per heavy atom. The van der Waals surface area contributed by atoms with Crippen LogP contribution in [0, 0.1) is 11.3 Å². The second-order valence-corrected chi connectivity index (χ2v) is 3.60. The fourth-order valence-corrected chi connectivity index (χ4v) is 2.13. The van der Waals surface area contributed by atoms with Crippen LogP contribution < -0.4 is 18.1 Å². The molecule has 0 saturated carbocycles. The number of quaternary nitrogens is 1. The molecule has 0 spiro atoms. The molecule has 1 aliphatic carbocycles. The van der Waals surface area contributed by atoms with E-state index in [1.165, 1.54) is 12.8 Å². The van der Waals surface area contributed by atoms with E-state index < -0.39 is 0 Å². The Morgan fingerprint density at radius 3 is 2.38 bits per heavy atom. The van der Waals surface area contributed by atoms with Crippen molar-refractivity contribution in [1.29, 1.82) is 0 Å². The van der Waals surface area contributed by atoms with Gasteiger partial charge < -0.3 is 18.1 Å². The highest BCUT2D eigenvalue weighted by Crippen LogP contribution is 2.37. The van der Waals surface area contributed by atoms with Gasteiger partial charge in [-0.15, -0.1) is 0 Å². The second kappa shape index (κ2) is 5.46. The molecule has 0 heterocycles. The molecule has 2 heteroatoms. The molecule has 2 unspecified atom stereocenters. The second-order valence-electron chi connectivity index (χ2n) is 3.60. The van der Waals surface area contributed by atoms with E-state index in [0.29, 0.717) is 11.3 Å². The summed E-state index contributed by atoms with van der Waals surface area (Å²) in [6, 6.07) is 0. The zero-order chi connectivity index (χ0) is 9.03. The van der Waals surface area contributed by atoms with Gasteiger partial charge in [0.05, 0.1) is 6.54 Å². The lowest BCUT2D eigenvalue weighted by Crippen LogP contribution is -3.00. The van der Waals surface area contributed by atoms with Crippen molar-refractivity contribution in [2.45, 2.75) is 26.7 Å². The zero-order valence-corrected chi connectivity index (χ0v) is 9.35. The molecule has 0 aromatic heterocycles. The highest BCUT2D eigenvalue weighted by atomic mass is 35.5. The summed E-state index contributed by atoms with van der Waals surface area (Å²) < 4.78 is 0. The minimum Gasteiger partial charge on any atom is -1.00 e. The fraction of sp³-hybridized carbons (Fsp3) is 0.636. The molecule has 2 atom stereocenters. The van der Waals surface area contributed by atoms with Crippen LogP contribution in [-0.2, 0) is 0 Å². The van der Waals surface area contributed by atoms with Gasteiger partial charge in [0.25, 0.3) is 0 Å². The van der Waals surface area contributed by atoms with Crippen molar-refractivity contribution in [3.8, 4) is 0 Å². The van der Waals surface area contributed by atoms with E-state index in [0.717, 1.165) is 6.54 Å². The maximum atomic E-state index is 4.07. The minimum atomic E-state index is 0. The molecule has 1 nitrogen and oxygen atoms in total. The largest absolute Gasteiger partial charge is 1.00 e. The van der Waals surface area contributed by atoms with Crippen LogP contribution in [0.4, 0.5) is 0 Å². The number of hydrogen-bond donors (Lipinski definition) is 1. The van der Waals surface area contributed by atoms with Crippen LogP contribution in [0.1, 0.15) is 26.7 Å². The van der Waals surface area contributed by atoms with Gasteiger partial charge in [0.15, 0.2) is 0 Å². The molecule has 0 aromatic rings. The van der Waals surface area contributed by atoms with Crippen LogP contribution in [0.5, 0.6) is 0 Å². The molecule has 1 rings (SSSR count). The van der Waals surface area contributed by atoms with E-state index >= 15 is 0 Å². The fourth-order valence-electron chi connectivity index (χ4n) is 2.13. The van der Waals surface area contributed by atoms with Gasteiger partial charge in [0, 0.05) is 5.41 Å². The summed E-state index contributed by atoms with van der Waals surface area (Å²) in [5, 5.41) is 0. The topological polar surface area (TPSA) is 27.6 Å². The number of rotatable bonds is 3.